The van der Waals surface area contributed by atoms with Crippen molar-refractivity contribution in [3.8, 4) is 23.7 Å². The predicted octanol–water partition coefficient (Wildman–Crippen LogP) is 2.28. The van der Waals surface area contributed by atoms with Crippen LogP contribution in [0.1, 0.15) is 45.4 Å². The van der Waals surface area contributed by atoms with Crippen molar-refractivity contribution in [1.82, 2.24) is 19.8 Å². The standard InChI is InChI=1S/C27H40N4O6SSi/c1-26(2,3)39(6,7)37-15-14-29-17-22(18-29)11-9-8-10-21-16-23-20-30(25(33)31(23)19-21)13-12-27(4,24(32)28-34)38(5,35)36/h16,19,22,34H,12-15,17-18,20H2,1-7H3,(H,28,32)/t27-/m1/s1. The maximum atomic E-state index is 12.8. The van der Waals surface area contributed by atoms with E-state index in [9.17, 15) is 18.0 Å². The van der Waals surface area contributed by atoms with E-state index in [1.165, 1.54) is 21.9 Å². The molecule has 2 N–H and O–H groups in total. The Morgan fingerprint density at radius 2 is 1.87 bits per heavy atom. The lowest BCUT2D eigenvalue weighted by molar-refractivity contribution is -0.131. The van der Waals surface area contributed by atoms with Gasteiger partial charge in [-0.25, -0.2) is 18.7 Å². The number of hydrogen-bond donors (Lipinski definition) is 2. The Hall–Kier alpha value is -2.61. The van der Waals surface area contributed by atoms with Gasteiger partial charge in [0, 0.05) is 62.4 Å². The smallest absolute Gasteiger partial charge is 0.328 e. The van der Waals surface area contributed by atoms with E-state index < -0.39 is 28.8 Å². The van der Waals surface area contributed by atoms with Crippen LogP contribution in [0.3, 0.4) is 0 Å². The fraction of sp³-hybridized carbons (Fsp3) is 0.630. The summed E-state index contributed by atoms with van der Waals surface area (Å²) >= 11 is 0. The van der Waals surface area contributed by atoms with Crippen LogP contribution in [0.15, 0.2) is 12.3 Å². The zero-order chi connectivity index (χ0) is 29.2. The average molecular weight is 577 g/mol. The van der Waals surface area contributed by atoms with Crippen LogP contribution in [0.25, 0.3) is 0 Å². The summed E-state index contributed by atoms with van der Waals surface area (Å²) in [6, 6.07) is 1.48. The molecule has 1 atom stereocenters. The van der Waals surface area contributed by atoms with Gasteiger partial charge in [-0.15, -0.1) is 0 Å². The first-order valence-corrected chi connectivity index (χ1v) is 17.8. The van der Waals surface area contributed by atoms with Gasteiger partial charge in [0.15, 0.2) is 22.9 Å². The highest BCUT2D eigenvalue weighted by Crippen LogP contribution is 2.36. The van der Waals surface area contributed by atoms with Crippen molar-refractivity contribution in [2.24, 2.45) is 5.92 Å². The molecule has 39 heavy (non-hydrogen) atoms. The second-order valence-corrected chi connectivity index (χ2v) is 19.3. The molecule has 214 valence electrons. The average Bonchev–Trinajstić information content (AvgIpc) is 3.33. The molecule has 0 spiro atoms. The van der Waals surface area contributed by atoms with Crippen LogP contribution in [0.5, 0.6) is 0 Å². The van der Waals surface area contributed by atoms with Crippen LogP contribution in [0, 0.1) is 29.6 Å². The topological polar surface area (TPSA) is 121 Å². The van der Waals surface area contributed by atoms with Gasteiger partial charge in [-0.2, -0.15) is 0 Å². The van der Waals surface area contributed by atoms with Crippen molar-refractivity contribution in [3.63, 3.8) is 0 Å². The van der Waals surface area contributed by atoms with E-state index in [1.54, 1.807) is 12.3 Å². The molecule has 0 aromatic carbocycles. The van der Waals surface area contributed by atoms with E-state index >= 15 is 0 Å². The van der Waals surface area contributed by atoms with Crippen molar-refractivity contribution in [3.05, 3.63) is 23.5 Å². The number of hydrogen-bond acceptors (Lipinski definition) is 7. The number of carbonyl (C=O) groups excluding carboxylic acids is 2. The quantitative estimate of drug-likeness (QED) is 0.200. The highest BCUT2D eigenvalue weighted by atomic mass is 32.2. The molecular formula is C27H40N4O6SSi. The lowest BCUT2D eigenvalue weighted by Crippen LogP contribution is -2.50. The highest BCUT2D eigenvalue weighted by Gasteiger charge is 2.44. The normalized spacial score (nSPS) is 17.8. The van der Waals surface area contributed by atoms with Gasteiger partial charge in [-0.05, 0) is 49.4 Å². The van der Waals surface area contributed by atoms with Crippen LogP contribution in [-0.2, 0) is 25.6 Å². The van der Waals surface area contributed by atoms with Crippen molar-refractivity contribution in [1.29, 1.82) is 0 Å². The predicted molar refractivity (Wildman–Crippen MR) is 151 cm³/mol. The molecule has 1 fully saturated rings. The van der Waals surface area contributed by atoms with E-state index in [0.717, 1.165) is 38.2 Å². The Labute approximate surface area is 233 Å². The maximum absolute atomic E-state index is 12.8. The third-order valence-electron chi connectivity index (χ3n) is 8.17. The number of rotatable bonds is 9. The Balaban J connectivity index is 1.47. The van der Waals surface area contributed by atoms with E-state index in [1.807, 2.05) is 0 Å². The van der Waals surface area contributed by atoms with Gasteiger partial charge in [0.1, 0.15) is 0 Å². The Bertz CT molecular complexity index is 1340. The number of sulfone groups is 1. The minimum atomic E-state index is -3.84. The lowest BCUT2D eigenvalue weighted by Gasteiger charge is -2.39. The number of nitrogens with one attached hydrogen (secondary N) is 1. The van der Waals surface area contributed by atoms with Crippen LogP contribution in [0.4, 0.5) is 4.79 Å². The molecule has 2 amide bonds. The van der Waals surface area contributed by atoms with Crippen molar-refractivity contribution in [2.75, 3.05) is 39.0 Å². The molecule has 1 saturated heterocycles. The van der Waals surface area contributed by atoms with Crippen molar-refractivity contribution < 1.29 is 27.6 Å². The Morgan fingerprint density at radius 1 is 1.21 bits per heavy atom. The molecule has 3 heterocycles. The molecule has 12 heteroatoms. The van der Waals surface area contributed by atoms with Crippen LogP contribution in [-0.4, -0.2) is 92.0 Å². The summed E-state index contributed by atoms with van der Waals surface area (Å²) in [6.45, 7) is 16.3. The molecule has 0 radical (unpaired) electrons. The summed E-state index contributed by atoms with van der Waals surface area (Å²) in [5.74, 6) is 11.2. The van der Waals surface area contributed by atoms with Gasteiger partial charge < -0.3 is 9.33 Å². The molecule has 10 nitrogen and oxygen atoms in total. The first-order valence-electron chi connectivity index (χ1n) is 13.0. The zero-order valence-corrected chi connectivity index (χ0v) is 25.7. The highest BCUT2D eigenvalue weighted by molar-refractivity contribution is 7.92. The second-order valence-electron chi connectivity index (χ2n) is 12.1. The van der Waals surface area contributed by atoms with Gasteiger partial charge in [0.05, 0.1) is 6.54 Å². The molecule has 1 aromatic rings. The second kappa shape index (κ2) is 11.5. The molecule has 2 aliphatic rings. The first kappa shape index (κ1) is 30.9. The fourth-order valence-corrected chi connectivity index (χ4v) is 6.01. The number of nitrogens with zero attached hydrogens (tertiary/aromatic N) is 3. The first-order chi connectivity index (χ1) is 18.0. The summed E-state index contributed by atoms with van der Waals surface area (Å²) in [7, 11) is -5.55. The minimum Gasteiger partial charge on any atom is -0.416 e. The monoisotopic (exact) mass is 576 g/mol. The number of hydroxylamine groups is 1. The molecular weight excluding hydrogens is 536 g/mol. The summed E-state index contributed by atoms with van der Waals surface area (Å²) < 4.78 is 30.2. The molecule has 2 aliphatic heterocycles. The van der Waals surface area contributed by atoms with E-state index in [-0.39, 0.29) is 30.6 Å². The largest absolute Gasteiger partial charge is 0.416 e. The van der Waals surface area contributed by atoms with E-state index in [0.29, 0.717) is 11.5 Å². The van der Waals surface area contributed by atoms with Gasteiger partial charge in [0.2, 0.25) is 0 Å². The molecule has 0 saturated carbocycles. The van der Waals surface area contributed by atoms with E-state index in [4.69, 9.17) is 9.63 Å². The fourth-order valence-electron chi connectivity index (χ4n) is 4.13. The molecule has 0 bridgehead atoms. The number of aromatic nitrogens is 1. The third kappa shape index (κ3) is 6.94. The minimum absolute atomic E-state index is 0.0325. The Morgan fingerprint density at radius 3 is 2.44 bits per heavy atom. The van der Waals surface area contributed by atoms with Gasteiger partial charge in [0.25, 0.3) is 5.91 Å². The maximum Gasteiger partial charge on any atom is 0.328 e. The number of amides is 2. The summed E-state index contributed by atoms with van der Waals surface area (Å²) in [5, 5.41) is 9.18. The van der Waals surface area contributed by atoms with Crippen LogP contribution >= 0.6 is 0 Å². The Kier molecular flexibility index (Phi) is 9.10. The zero-order valence-electron chi connectivity index (χ0n) is 23.9. The number of carbonyl (C=O) groups is 2. The summed E-state index contributed by atoms with van der Waals surface area (Å²) in [4.78, 5) is 28.6. The van der Waals surface area contributed by atoms with E-state index in [2.05, 4.69) is 62.4 Å². The van der Waals surface area contributed by atoms with Crippen LogP contribution < -0.4 is 5.48 Å². The summed E-state index contributed by atoms with van der Waals surface area (Å²) in [6.07, 6.45) is 2.41. The number of fused-ring (bicyclic) bond motifs is 1. The van der Waals surface area contributed by atoms with Crippen molar-refractivity contribution >= 4 is 30.1 Å². The summed E-state index contributed by atoms with van der Waals surface area (Å²) in [5.41, 5.74) is 2.81. The lowest BCUT2D eigenvalue weighted by atomic mass is 10.0. The number of likely N-dealkylation sites (tertiary alicyclic amines) is 1. The van der Waals surface area contributed by atoms with Gasteiger partial charge in [-0.3, -0.25) is 19.5 Å². The SMILES string of the molecule is CC(C)(C)[Si](C)(C)OCCN1CC(C#CC#Cc2cc3n(c2)C(=O)N(CC[C@](C)(C(=O)NO)S(C)(=O)=O)C3)C1. The molecule has 0 aliphatic carbocycles. The van der Waals surface area contributed by atoms with Crippen molar-refractivity contribution in [2.45, 2.75) is 63.5 Å². The molecule has 0 unspecified atom stereocenters. The third-order valence-corrected chi connectivity index (χ3v) is 14.7. The molecule has 3 rings (SSSR count). The van der Waals surface area contributed by atoms with Gasteiger partial charge >= 0.3 is 6.03 Å². The van der Waals surface area contributed by atoms with Gasteiger partial charge in [-0.1, -0.05) is 32.6 Å². The van der Waals surface area contributed by atoms with Crippen LogP contribution in [0.2, 0.25) is 18.1 Å². The molecule has 1 aromatic heterocycles.